The van der Waals surface area contributed by atoms with Gasteiger partial charge in [-0.2, -0.15) is 0 Å². The molecular formula is C68H112N12O2. The minimum absolute atomic E-state index is 0.197. The lowest BCUT2D eigenvalue weighted by Crippen LogP contribution is -2.32. The van der Waals surface area contributed by atoms with E-state index in [2.05, 4.69) is 145 Å². The highest BCUT2D eigenvalue weighted by Gasteiger charge is 2.36. The van der Waals surface area contributed by atoms with Crippen LogP contribution in [-0.2, 0) is 22.4 Å². The number of unbranched alkanes of at least 4 members (excludes halogenated alkanes) is 4. The number of allylic oxidation sites excluding steroid dienone is 2. The van der Waals surface area contributed by atoms with E-state index in [-0.39, 0.29) is 23.7 Å². The second-order valence-corrected chi connectivity index (χ2v) is 24.6. The number of carbonyl (C=O) groups is 2. The summed E-state index contributed by atoms with van der Waals surface area (Å²) in [6.45, 7) is 38.0. The Bertz CT molecular complexity index is 2670. The topological polar surface area (TPSA) is 170 Å². The molecule has 8 N–H and O–H groups in total. The van der Waals surface area contributed by atoms with Crippen LogP contribution < -0.4 is 31.9 Å². The molecule has 5 heterocycles. The number of aromatic nitrogens is 4. The molecule has 2 saturated carbocycles. The highest BCUT2D eigenvalue weighted by Crippen LogP contribution is 2.41. The van der Waals surface area contributed by atoms with Gasteiger partial charge in [0.25, 0.3) is 0 Å². The van der Waals surface area contributed by atoms with Crippen molar-refractivity contribution in [3.63, 3.8) is 0 Å². The van der Waals surface area contributed by atoms with E-state index in [1.807, 2.05) is 0 Å². The molecule has 456 valence electrons. The second-order valence-electron chi connectivity index (χ2n) is 24.6. The molecule has 2 aliphatic heterocycles. The normalized spacial score (nSPS) is 19.3. The summed E-state index contributed by atoms with van der Waals surface area (Å²) in [6.07, 6.45) is 15.7. The van der Waals surface area contributed by atoms with Gasteiger partial charge in [0, 0.05) is 84.3 Å². The number of fused-ring (bicyclic) bond motifs is 8. The highest BCUT2D eigenvalue weighted by molar-refractivity contribution is 5.94. The smallest absolute Gasteiger partial charge is 0.222 e. The Kier molecular flexibility index (Phi) is 26.9. The first kappa shape index (κ1) is 65.1. The van der Waals surface area contributed by atoms with Gasteiger partial charge in [-0.1, -0.05) is 34.6 Å². The van der Waals surface area contributed by atoms with Gasteiger partial charge >= 0.3 is 0 Å². The van der Waals surface area contributed by atoms with Crippen LogP contribution in [0, 0.1) is 37.5 Å². The van der Waals surface area contributed by atoms with Gasteiger partial charge < -0.3 is 51.7 Å². The number of nitrogens with one attached hydrogen (secondary N) is 8. The molecule has 14 heteroatoms. The van der Waals surface area contributed by atoms with Gasteiger partial charge in [-0.15, -0.1) is 0 Å². The van der Waals surface area contributed by atoms with Gasteiger partial charge in [0.1, 0.15) is 0 Å². The predicted molar refractivity (Wildman–Crippen MR) is 345 cm³/mol. The van der Waals surface area contributed by atoms with Gasteiger partial charge in [-0.3, -0.25) is 14.6 Å². The van der Waals surface area contributed by atoms with Crippen LogP contribution in [0.25, 0.3) is 33.2 Å². The summed E-state index contributed by atoms with van der Waals surface area (Å²) in [5.41, 5.74) is 15.3. The molecule has 0 saturated heterocycles. The number of amides is 2. The molecule has 14 nitrogen and oxygen atoms in total. The number of aryl methyl sites for hydroxylation is 4. The van der Waals surface area contributed by atoms with E-state index < -0.39 is 0 Å². The Labute approximate surface area is 495 Å². The van der Waals surface area contributed by atoms with E-state index in [4.69, 9.17) is 9.97 Å². The number of aromatic amines is 2. The Morgan fingerprint density at radius 3 is 1.45 bits per heavy atom. The fraction of sp³-hybridized carbons (Fsp3) is 0.706. The summed E-state index contributed by atoms with van der Waals surface area (Å²) in [5.74, 6) is 4.16. The van der Waals surface area contributed by atoms with E-state index in [0.717, 1.165) is 221 Å². The summed E-state index contributed by atoms with van der Waals surface area (Å²) >= 11 is 0. The SMILES string of the molecule is CCNCCCCNCC1CC1CNCCCCN(CC)C(=O)CCc1c(C)c2cc3nc(cc4[nH]c(cc5nc(cc1[nH]2)C(CCC(=O)N(CC)CCCCNC[C@@H]1C[C@H]1CNCCCCNCC)=C5C)c(C)c4CC)C(C)C3CC. The van der Waals surface area contributed by atoms with Gasteiger partial charge in [0.15, 0.2) is 0 Å². The molecule has 0 aromatic carbocycles. The summed E-state index contributed by atoms with van der Waals surface area (Å²) in [4.78, 5) is 50.9. The van der Waals surface area contributed by atoms with Gasteiger partial charge in [-0.05, 0) is 284 Å². The zero-order chi connectivity index (χ0) is 58.4. The van der Waals surface area contributed by atoms with Gasteiger partial charge in [0.2, 0.25) is 11.8 Å². The zero-order valence-electron chi connectivity index (χ0n) is 53.0. The molecule has 7 rings (SSSR count). The molecule has 3 aromatic heterocycles. The van der Waals surface area contributed by atoms with Crippen molar-refractivity contribution in [3.8, 4) is 0 Å². The summed E-state index contributed by atoms with van der Waals surface area (Å²) in [7, 11) is 0. The van der Waals surface area contributed by atoms with Crippen molar-refractivity contribution in [2.24, 2.45) is 23.7 Å². The Morgan fingerprint density at radius 1 is 0.524 bits per heavy atom. The molecule has 2 aliphatic carbocycles. The number of carbonyl (C=O) groups excluding carboxylic acids is 2. The van der Waals surface area contributed by atoms with Crippen molar-refractivity contribution in [2.45, 2.75) is 184 Å². The van der Waals surface area contributed by atoms with Crippen molar-refractivity contribution in [3.05, 3.63) is 69.3 Å². The molecule has 4 aliphatic rings. The van der Waals surface area contributed by atoms with E-state index in [9.17, 15) is 9.59 Å². The van der Waals surface area contributed by atoms with Crippen LogP contribution in [0.15, 0.2) is 24.3 Å². The molecule has 82 heavy (non-hydrogen) atoms. The van der Waals surface area contributed by atoms with E-state index in [0.29, 0.717) is 38.8 Å². The third kappa shape index (κ3) is 18.8. The lowest BCUT2D eigenvalue weighted by molar-refractivity contribution is -0.131. The summed E-state index contributed by atoms with van der Waals surface area (Å²) in [5, 5.41) is 21.6. The molecule has 6 atom stereocenters. The van der Waals surface area contributed by atoms with Gasteiger partial charge in [-0.25, -0.2) is 4.98 Å². The van der Waals surface area contributed by atoms with Crippen LogP contribution in [0.2, 0.25) is 0 Å². The zero-order valence-corrected chi connectivity index (χ0v) is 53.0. The van der Waals surface area contributed by atoms with Crippen molar-refractivity contribution < 1.29 is 9.59 Å². The number of hydrogen-bond acceptors (Lipinski definition) is 10. The van der Waals surface area contributed by atoms with Crippen molar-refractivity contribution in [1.29, 1.82) is 0 Å². The van der Waals surface area contributed by atoms with Crippen molar-refractivity contribution in [2.75, 3.05) is 105 Å². The van der Waals surface area contributed by atoms with Crippen LogP contribution in [0.4, 0.5) is 0 Å². The van der Waals surface area contributed by atoms with Crippen LogP contribution in [0.5, 0.6) is 0 Å². The largest absolute Gasteiger partial charge is 0.355 e. The Hall–Kier alpha value is -4.44. The highest BCUT2D eigenvalue weighted by atomic mass is 16.2. The fourth-order valence-electron chi connectivity index (χ4n) is 13.0. The first-order valence-corrected chi connectivity index (χ1v) is 33.2. The molecule has 4 unspecified atom stereocenters. The number of hydrogen-bond donors (Lipinski definition) is 8. The monoisotopic (exact) mass is 1130 g/mol. The molecule has 2 fully saturated rings. The molecule has 3 aromatic rings. The fourth-order valence-corrected chi connectivity index (χ4v) is 13.0. The number of rotatable bonds is 40. The second kappa shape index (κ2) is 33.9. The number of H-pyrrole nitrogens is 2. The van der Waals surface area contributed by atoms with E-state index in [1.54, 1.807) is 0 Å². The third-order valence-electron chi connectivity index (χ3n) is 18.8. The number of nitrogens with zero attached hydrogens (tertiary/aromatic N) is 4. The summed E-state index contributed by atoms with van der Waals surface area (Å²) in [6, 6.07) is 8.99. The first-order chi connectivity index (χ1) is 39.9. The van der Waals surface area contributed by atoms with Crippen LogP contribution in [0.3, 0.4) is 0 Å². The van der Waals surface area contributed by atoms with Gasteiger partial charge in [0.05, 0.1) is 11.4 Å². The van der Waals surface area contributed by atoms with Crippen LogP contribution in [0.1, 0.15) is 202 Å². The van der Waals surface area contributed by atoms with Crippen LogP contribution in [-0.4, -0.2) is 146 Å². The average Bonchev–Trinajstić information content (AvgIpc) is 4.49. The minimum Gasteiger partial charge on any atom is -0.355 e. The maximum absolute atomic E-state index is 14.2. The summed E-state index contributed by atoms with van der Waals surface area (Å²) < 4.78 is 0. The maximum atomic E-state index is 14.2. The molecule has 8 bridgehead atoms. The van der Waals surface area contributed by atoms with E-state index in [1.165, 1.54) is 49.7 Å². The maximum Gasteiger partial charge on any atom is 0.222 e. The average molecular weight is 1130 g/mol. The molecule has 0 spiro atoms. The molecule has 2 amide bonds. The standard InChI is InChI=1S/C68H112N12O2/c1-11-55-47(7)59-39-60-49(9)57(25-27-67(81)79(15-5)35-23-21-33-73-45-53-37-51(53)43-71-31-19-17-29-69-13-3)65(77-60)42-66-58(50(10)62(78-66)41-64-56(12-2)48(8)61(76-64)40-63(55)75-59)26-28-68(82)80(16-6)36-24-22-34-74-46-54-38-52(54)44-72-32-20-18-30-70-14-4/h39-42,48,51-54,56,69-75,78H,11-38,43-46H2,1-10H3/t48?,51-,52?,53-,54?,56?/m0/s1. The quantitative estimate of drug-likeness (QED) is 0.0257. The van der Waals surface area contributed by atoms with E-state index >= 15 is 0 Å². The van der Waals surface area contributed by atoms with Crippen molar-refractivity contribution >= 4 is 45.0 Å². The third-order valence-corrected chi connectivity index (χ3v) is 18.8. The molecule has 0 radical (unpaired) electrons. The predicted octanol–water partition coefficient (Wildman–Crippen LogP) is 11.1. The lowest BCUT2D eigenvalue weighted by Gasteiger charge is -2.21. The van der Waals surface area contributed by atoms with Crippen molar-refractivity contribution in [1.82, 2.24) is 61.6 Å². The minimum atomic E-state index is 0.197. The van der Waals surface area contributed by atoms with Crippen LogP contribution >= 0.6 is 0 Å². The lowest BCUT2D eigenvalue weighted by atomic mass is 9.89. The first-order valence-electron chi connectivity index (χ1n) is 33.2. The Balaban J connectivity index is 1.01. The molecular weight excluding hydrogens is 1020 g/mol. The Morgan fingerprint density at radius 2 is 0.963 bits per heavy atom.